The Morgan fingerprint density at radius 3 is 1.38 bits per heavy atom. The first kappa shape index (κ1) is 16.2. The molecule has 0 aliphatic heterocycles. The fraction of sp³-hybridized carbons (Fsp3) is 0.0370. The summed E-state index contributed by atoms with van der Waals surface area (Å²) in [4.78, 5) is 4.94. The number of pyridine rings is 2. The Morgan fingerprint density at radius 2 is 0.862 bits per heavy atom. The third-order valence-electron chi connectivity index (χ3n) is 5.91. The van der Waals surface area contributed by atoms with E-state index in [0.29, 0.717) is 0 Å². The van der Waals surface area contributed by atoms with E-state index < -0.39 is 0 Å². The van der Waals surface area contributed by atoms with Crippen LogP contribution in [0.5, 0.6) is 0 Å². The molecule has 0 unspecified atom stereocenters. The maximum absolute atomic E-state index is 4.94. The Morgan fingerprint density at radius 1 is 0.483 bits per heavy atom. The highest BCUT2D eigenvalue weighted by Gasteiger charge is 2.21. The average Bonchev–Trinajstić information content (AvgIpc) is 2.79. The smallest absolute Gasteiger partial charge is 0.213 e. The number of nitrogens with zero attached hydrogens (tertiary/aromatic N) is 2. The van der Waals surface area contributed by atoms with Crippen molar-refractivity contribution >= 4 is 43.6 Å². The fourth-order valence-corrected chi connectivity index (χ4v) is 4.61. The van der Waals surface area contributed by atoms with E-state index in [9.17, 15) is 0 Å². The molecule has 4 aromatic carbocycles. The Kier molecular flexibility index (Phi) is 3.41. The lowest BCUT2D eigenvalue weighted by atomic mass is 9.90. The van der Waals surface area contributed by atoms with Crippen LogP contribution in [0.3, 0.4) is 0 Å². The van der Waals surface area contributed by atoms with Crippen LogP contribution in [-0.4, -0.2) is 4.98 Å². The standard InChI is InChI=1S/C27H19N2/c1-29-24-16-8-4-12-20(24)27(21-13-5-9-17-25(21)29)26-18-10-2-6-14-22(18)28-23-15-7-3-11-19(23)26/h2-17H,1H3/q+1. The lowest BCUT2D eigenvalue weighted by molar-refractivity contribution is -0.617. The number of hydrogen-bond donors (Lipinski definition) is 0. The zero-order valence-electron chi connectivity index (χ0n) is 16.1. The number of aryl methyl sites for hydroxylation is 1. The zero-order valence-corrected chi connectivity index (χ0v) is 16.1. The number of rotatable bonds is 1. The Hall–Kier alpha value is -3.78. The zero-order chi connectivity index (χ0) is 19.4. The number of para-hydroxylation sites is 4. The highest BCUT2D eigenvalue weighted by molar-refractivity contribution is 6.19. The van der Waals surface area contributed by atoms with Crippen LogP contribution in [0.25, 0.3) is 54.7 Å². The van der Waals surface area contributed by atoms with Gasteiger partial charge in [-0.05, 0) is 24.3 Å². The Labute approximate surface area is 168 Å². The summed E-state index contributed by atoms with van der Waals surface area (Å²) in [5, 5.41) is 4.90. The normalized spacial score (nSPS) is 11.6. The molecule has 0 N–H and O–H groups in total. The Bertz CT molecular complexity index is 1450. The highest BCUT2D eigenvalue weighted by atomic mass is 14.9. The molecule has 0 amide bonds. The average molecular weight is 371 g/mol. The van der Waals surface area contributed by atoms with Gasteiger partial charge >= 0.3 is 0 Å². The molecule has 2 heterocycles. The first-order valence-electron chi connectivity index (χ1n) is 9.90. The van der Waals surface area contributed by atoms with Crippen molar-refractivity contribution in [2.24, 2.45) is 7.05 Å². The van der Waals surface area contributed by atoms with E-state index in [4.69, 9.17) is 4.98 Å². The summed E-state index contributed by atoms with van der Waals surface area (Å²) in [5.74, 6) is 0. The quantitative estimate of drug-likeness (QED) is 0.249. The van der Waals surface area contributed by atoms with Crippen LogP contribution >= 0.6 is 0 Å². The van der Waals surface area contributed by atoms with Gasteiger partial charge in [0.2, 0.25) is 11.0 Å². The molecular weight excluding hydrogens is 352 g/mol. The van der Waals surface area contributed by atoms with Crippen molar-refractivity contribution in [2.45, 2.75) is 0 Å². The molecule has 0 aliphatic rings. The first-order chi connectivity index (χ1) is 14.3. The SMILES string of the molecule is C[n+]1c2ccccc2c(-c2c3ccccc3nc3ccccc23)c2ccccc21. The van der Waals surface area contributed by atoms with Gasteiger partial charge in [-0.3, -0.25) is 0 Å². The van der Waals surface area contributed by atoms with E-state index >= 15 is 0 Å². The first-order valence-corrected chi connectivity index (χ1v) is 9.90. The summed E-state index contributed by atoms with van der Waals surface area (Å²) in [6, 6.07) is 34.3. The number of fused-ring (bicyclic) bond motifs is 4. The number of hydrogen-bond acceptors (Lipinski definition) is 1. The molecule has 0 spiro atoms. The lowest BCUT2D eigenvalue weighted by Gasteiger charge is -2.15. The monoisotopic (exact) mass is 371 g/mol. The van der Waals surface area contributed by atoms with Gasteiger partial charge in [-0.1, -0.05) is 60.7 Å². The summed E-state index contributed by atoms with van der Waals surface area (Å²) in [7, 11) is 2.15. The molecule has 0 radical (unpaired) electrons. The van der Waals surface area contributed by atoms with Gasteiger partial charge in [-0.25, -0.2) is 4.98 Å². The third-order valence-corrected chi connectivity index (χ3v) is 5.91. The lowest BCUT2D eigenvalue weighted by Crippen LogP contribution is -2.30. The second kappa shape index (κ2) is 6.11. The van der Waals surface area contributed by atoms with Crippen molar-refractivity contribution in [1.29, 1.82) is 0 Å². The van der Waals surface area contributed by atoms with Gasteiger partial charge in [0.15, 0.2) is 0 Å². The van der Waals surface area contributed by atoms with Crippen molar-refractivity contribution in [3.05, 3.63) is 97.1 Å². The summed E-state index contributed by atoms with van der Waals surface area (Å²) < 4.78 is 2.29. The molecule has 0 fully saturated rings. The molecule has 0 saturated carbocycles. The molecule has 2 nitrogen and oxygen atoms in total. The highest BCUT2D eigenvalue weighted by Crippen LogP contribution is 2.41. The molecule has 0 saturated heterocycles. The minimum atomic E-state index is 1.03. The third kappa shape index (κ3) is 2.29. The molecule has 2 heteroatoms. The van der Waals surface area contributed by atoms with Crippen molar-refractivity contribution < 1.29 is 4.57 Å². The van der Waals surface area contributed by atoms with Gasteiger partial charge in [-0.2, -0.15) is 4.57 Å². The van der Waals surface area contributed by atoms with Gasteiger partial charge in [-0.15, -0.1) is 0 Å². The molecule has 0 aliphatic carbocycles. The summed E-state index contributed by atoms with van der Waals surface area (Å²) >= 11 is 0. The summed E-state index contributed by atoms with van der Waals surface area (Å²) in [6.07, 6.45) is 0. The fourth-order valence-electron chi connectivity index (χ4n) is 4.61. The predicted molar refractivity (Wildman–Crippen MR) is 121 cm³/mol. The van der Waals surface area contributed by atoms with E-state index in [2.05, 4.69) is 109 Å². The second-order valence-electron chi connectivity index (χ2n) is 7.49. The van der Waals surface area contributed by atoms with E-state index in [1.54, 1.807) is 0 Å². The van der Waals surface area contributed by atoms with Gasteiger partial charge in [0.05, 0.1) is 21.8 Å². The van der Waals surface area contributed by atoms with Crippen LogP contribution in [0.1, 0.15) is 0 Å². The van der Waals surface area contributed by atoms with E-state index in [-0.39, 0.29) is 0 Å². The van der Waals surface area contributed by atoms with Crippen LogP contribution in [0.15, 0.2) is 97.1 Å². The van der Waals surface area contributed by atoms with E-state index in [1.807, 2.05) is 0 Å². The van der Waals surface area contributed by atoms with Crippen LogP contribution < -0.4 is 4.57 Å². The predicted octanol–water partition coefficient (Wildman–Crippen LogP) is 6.19. The second-order valence-corrected chi connectivity index (χ2v) is 7.49. The minimum absolute atomic E-state index is 1.03. The van der Waals surface area contributed by atoms with Crippen LogP contribution in [0.4, 0.5) is 0 Å². The van der Waals surface area contributed by atoms with Crippen molar-refractivity contribution in [1.82, 2.24) is 4.98 Å². The largest absolute Gasteiger partial charge is 0.248 e. The van der Waals surface area contributed by atoms with Gasteiger partial charge in [0.1, 0.15) is 7.05 Å². The topological polar surface area (TPSA) is 16.8 Å². The molecule has 6 rings (SSSR count). The molecule has 6 aromatic rings. The maximum Gasteiger partial charge on any atom is 0.213 e. The molecule has 0 atom stereocenters. The van der Waals surface area contributed by atoms with E-state index in [0.717, 1.165) is 11.0 Å². The van der Waals surface area contributed by atoms with E-state index in [1.165, 1.54) is 43.7 Å². The summed E-state index contributed by atoms with van der Waals surface area (Å²) in [5.41, 5.74) is 7.06. The molecular formula is C27H19N2+. The molecule has 29 heavy (non-hydrogen) atoms. The molecule has 0 bridgehead atoms. The molecule has 2 aromatic heterocycles. The van der Waals surface area contributed by atoms with Crippen molar-refractivity contribution in [3.63, 3.8) is 0 Å². The van der Waals surface area contributed by atoms with Gasteiger partial charge in [0.25, 0.3) is 0 Å². The van der Waals surface area contributed by atoms with Crippen LogP contribution in [-0.2, 0) is 7.05 Å². The summed E-state index contributed by atoms with van der Waals surface area (Å²) in [6.45, 7) is 0. The molecule has 136 valence electrons. The number of aromatic nitrogens is 2. The van der Waals surface area contributed by atoms with Crippen molar-refractivity contribution in [2.75, 3.05) is 0 Å². The van der Waals surface area contributed by atoms with Gasteiger partial charge in [0, 0.05) is 34.0 Å². The number of benzene rings is 4. The van der Waals surface area contributed by atoms with Crippen LogP contribution in [0.2, 0.25) is 0 Å². The van der Waals surface area contributed by atoms with Gasteiger partial charge < -0.3 is 0 Å². The minimum Gasteiger partial charge on any atom is -0.248 e. The van der Waals surface area contributed by atoms with Crippen molar-refractivity contribution in [3.8, 4) is 11.1 Å². The Balaban J connectivity index is 1.96. The van der Waals surface area contributed by atoms with Crippen LogP contribution in [0, 0.1) is 0 Å². The maximum atomic E-state index is 4.94.